The van der Waals surface area contributed by atoms with Gasteiger partial charge >= 0.3 is 168 Å². The normalized spacial score (nSPS) is 11.2. The fraction of sp³-hybridized carbons (Fsp3) is 0.368. The van der Waals surface area contributed by atoms with Gasteiger partial charge in [0, 0.05) is 0 Å². The summed E-state index contributed by atoms with van der Waals surface area (Å²) in [7, 11) is 0. The number of rotatable bonds is 8. The summed E-state index contributed by atoms with van der Waals surface area (Å²) in [5.74, 6) is 0. The van der Waals surface area contributed by atoms with Gasteiger partial charge in [-0.25, -0.2) is 0 Å². The van der Waals surface area contributed by atoms with Crippen molar-refractivity contribution >= 4 is 46.2 Å². The summed E-state index contributed by atoms with van der Waals surface area (Å²) >= 11 is 8.33. The molecule has 0 aromatic heterocycles. The van der Waals surface area contributed by atoms with Crippen LogP contribution < -0.4 is 15.1 Å². The fourth-order valence-electron chi connectivity index (χ4n) is 2.79. The first-order chi connectivity index (χ1) is 11.9. The van der Waals surface area contributed by atoms with Gasteiger partial charge in [0.15, 0.2) is 0 Å². The molecule has 2 aromatic rings. The van der Waals surface area contributed by atoms with Crippen molar-refractivity contribution in [2.45, 2.75) is 27.7 Å². The van der Waals surface area contributed by atoms with Gasteiger partial charge in [-0.05, 0) is 0 Å². The molecule has 0 atom stereocenters. The van der Waals surface area contributed by atoms with Gasteiger partial charge in [-0.1, -0.05) is 6.07 Å². The number of anilines is 2. The molecule has 0 aliphatic rings. The van der Waals surface area contributed by atoms with Gasteiger partial charge in [-0.15, -0.1) is 0 Å². The Bertz CT molecular complexity index is 702. The second kappa shape index (κ2) is 9.97. The molecule has 0 radical (unpaired) electrons. The maximum absolute atomic E-state index is 3.65. The van der Waals surface area contributed by atoms with Gasteiger partial charge in [0.05, 0.1) is 0 Å². The van der Waals surface area contributed by atoms with Crippen molar-refractivity contribution in [3.8, 4) is 0 Å². The first-order valence-electron chi connectivity index (χ1n) is 8.21. The predicted octanol–water partition coefficient (Wildman–Crippen LogP) is 5.03. The summed E-state index contributed by atoms with van der Waals surface area (Å²) in [5, 5.41) is 7.10. The van der Waals surface area contributed by atoms with Gasteiger partial charge < -0.3 is 0 Å². The summed E-state index contributed by atoms with van der Waals surface area (Å²) < 4.78 is 3.41. The van der Waals surface area contributed by atoms with Crippen molar-refractivity contribution in [3.63, 3.8) is 0 Å². The van der Waals surface area contributed by atoms with E-state index in [1.165, 1.54) is 38.1 Å². The Morgan fingerprint density at radius 3 is 2.20 bits per heavy atom. The van der Waals surface area contributed by atoms with Crippen LogP contribution in [0.2, 0.25) is 0 Å². The fourth-order valence-corrected chi connectivity index (χ4v) is 4.71. The van der Waals surface area contributed by atoms with Crippen molar-refractivity contribution < 1.29 is 12.9 Å². The zero-order chi connectivity index (χ0) is 18.4. The molecule has 0 amide bonds. The number of nitrogens with zero attached hydrogens (tertiary/aromatic N) is 1. The average molecular weight is 514 g/mol. The van der Waals surface area contributed by atoms with E-state index in [0.29, 0.717) is 0 Å². The Hall–Kier alpha value is -0.534. The number of nitrogens with one attached hydrogen (secondary N) is 2. The van der Waals surface area contributed by atoms with Gasteiger partial charge in [-0.3, -0.25) is 0 Å². The van der Waals surface area contributed by atoms with Crippen molar-refractivity contribution in [2.24, 2.45) is 0 Å². The average Bonchev–Trinajstić information content (AvgIpc) is 2.57. The molecule has 0 aliphatic carbocycles. The minimum absolute atomic E-state index is 0.748. The van der Waals surface area contributed by atoms with Crippen LogP contribution in [-0.2, 0) is 12.9 Å². The van der Waals surface area contributed by atoms with Crippen LogP contribution in [0.1, 0.15) is 22.3 Å². The van der Waals surface area contributed by atoms with Crippen molar-refractivity contribution in [1.29, 1.82) is 0 Å². The first-order valence-corrected chi connectivity index (χ1v) is 12.0. The van der Waals surface area contributed by atoms with E-state index in [2.05, 4.69) is 103 Å². The van der Waals surface area contributed by atoms with E-state index in [1.807, 2.05) is 0 Å². The molecule has 0 heterocycles. The van der Waals surface area contributed by atoms with Gasteiger partial charge in [0.2, 0.25) is 0 Å². The quantitative estimate of drug-likeness (QED) is 0.383. The molecule has 2 aromatic carbocycles. The molecule has 2 N–H and O–H groups in total. The molecular weight excluding hydrogens is 489 g/mol. The van der Waals surface area contributed by atoms with Crippen molar-refractivity contribution in [2.75, 3.05) is 30.4 Å². The molecule has 139 valence electrons. The zero-order valence-electron chi connectivity index (χ0n) is 15.0. The number of benzene rings is 2. The number of hydrogen-bond donors (Lipinski definition) is 2. The van der Waals surface area contributed by atoms with E-state index in [1.54, 1.807) is 0 Å². The van der Waals surface area contributed by atoms with Crippen LogP contribution in [0.3, 0.4) is 0 Å². The monoisotopic (exact) mass is 512 g/mol. The molecule has 2 rings (SSSR count). The van der Waals surface area contributed by atoms with Gasteiger partial charge in [-0.2, -0.15) is 0 Å². The van der Waals surface area contributed by atoms with E-state index < -0.39 is 0 Å². The maximum atomic E-state index is 3.65. The standard InChI is InChI=1S/C19H25BrN3.BrH.Co/c1-14-7-5-8-15(2)18(14)21-11-12-23(20)13-22-19-16(3)9-6-10-17(19)4;;/h5-9,21-22H,11-13H2,1-4H3;1H;/q;;+1/p-1. The third-order valence-electron chi connectivity index (χ3n) is 4.22. The molecule has 25 heavy (non-hydrogen) atoms. The van der Waals surface area contributed by atoms with E-state index >= 15 is 0 Å². The molecular formula is C19H25Br2CoN3. The number of halogens is 2. The number of hydrogen-bond acceptors (Lipinski definition) is 3. The van der Waals surface area contributed by atoms with Crippen LogP contribution in [0, 0.1) is 27.7 Å². The molecule has 3 nitrogen and oxygen atoms in total. The topological polar surface area (TPSA) is 27.3 Å². The van der Waals surface area contributed by atoms with Crippen molar-refractivity contribution in [3.05, 3.63) is 52.6 Å². The molecule has 0 bridgehead atoms. The molecule has 0 fully saturated rings. The SMILES string of the molecule is Cc1cccc(C)c1NCCN(Br)CNc1c(C)cc[c]([Co][Br])c1C. The zero-order valence-corrected chi connectivity index (χ0v) is 19.3. The number of aryl methyl sites for hydroxylation is 3. The summed E-state index contributed by atoms with van der Waals surface area (Å²) in [6.45, 7) is 11.1. The molecule has 0 unspecified atom stereocenters. The third kappa shape index (κ3) is 5.72. The second-order valence-corrected chi connectivity index (χ2v) is 8.97. The minimum atomic E-state index is 0.748. The number of para-hydroxylation sites is 1. The van der Waals surface area contributed by atoms with Gasteiger partial charge in [0.1, 0.15) is 0 Å². The predicted molar refractivity (Wildman–Crippen MR) is 113 cm³/mol. The van der Waals surface area contributed by atoms with Crippen LogP contribution in [0.5, 0.6) is 0 Å². The summed E-state index contributed by atoms with van der Waals surface area (Å²) in [6.07, 6.45) is 0. The Morgan fingerprint density at radius 1 is 0.920 bits per heavy atom. The molecule has 0 saturated carbocycles. The third-order valence-corrected chi connectivity index (χ3v) is 6.77. The first kappa shape index (κ1) is 20.8. The van der Waals surface area contributed by atoms with E-state index in [9.17, 15) is 0 Å². The Balaban J connectivity index is 1.86. The molecule has 0 saturated heterocycles. The van der Waals surface area contributed by atoms with Crippen LogP contribution in [0.4, 0.5) is 11.4 Å². The van der Waals surface area contributed by atoms with Crippen LogP contribution in [0.15, 0.2) is 30.3 Å². The Morgan fingerprint density at radius 2 is 1.56 bits per heavy atom. The van der Waals surface area contributed by atoms with E-state index in [0.717, 1.165) is 32.7 Å². The summed E-state index contributed by atoms with van der Waals surface area (Å²) in [5.41, 5.74) is 7.60. The summed E-state index contributed by atoms with van der Waals surface area (Å²) in [6, 6.07) is 10.7. The van der Waals surface area contributed by atoms with E-state index in [4.69, 9.17) is 0 Å². The van der Waals surface area contributed by atoms with Crippen LogP contribution >= 0.6 is 30.3 Å². The molecule has 6 heteroatoms. The molecule has 0 aliphatic heterocycles. The van der Waals surface area contributed by atoms with Crippen molar-refractivity contribution in [1.82, 2.24) is 3.93 Å². The van der Waals surface area contributed by atoms with Gasteiger partial charge in [0.25, 0.3) is 0 Å². The Labute approximate surface area is 173 Å². The Kier molecular flexibility index (Phi) is 8.29. The van der Waals surface area contributed by atoms with Crippen LogP contribution in [-0.4, -0.2) is 23.7 Å². The second-order valence-electron chi connectivity index (χ2n) is 6.12. The molecule has 0 spiro atoms. The van der Waals surface area contributed by atoms with Crippen LogP contribution in [0.25, 0.3) is 0 Å². The van der Waals surface area contributed by atoms with E-state index in [-0.39, 0.29) is 0 Å². The summed E-state index contributed by atoms with van der Waals surface area (Å²) in [4.78, 5) is 0.